The fraction of sp³-hybridized carbons (Fsp3) is 0.176. The normalized spacial score (nSPS) is 12.1. The average molecular weight is 295 g/mol. The highest BCUT2D eigenvalue weighted by molar-refractivity contribution is 5.26. The van der Waals surface area contributed by atoms with Gasteiger partial charge < -0.3 is 14.9 Å². The van der Waals surface area contributed by atoms with E-state index < -0.39 is 6.04 Å². The summed E-state index contributed by atoms with van der Waals surface area (Å²) in [5.74, 6) is 1.55. The molecular weight excluding hydrogens is 278 g/mol. The van der Waals surface area contributed by atoms with Crippen molar-refractivity contribution in [1.82, 2.24) is 10.2 Å². The lowest BCUT2D eigenvalue weighted by molar-refractivity contribution is 0.257. The number of aryl methyl sites for hydroxylation is 1. The minimum atomic E-state index is -0.429. The van der Waals surface area contributed by atoms with Crippen molar-refractivity contribution in [3.05, 3.63) is 77.5 Å². The van der Waals surface area contributed by atoms with Gasteiger partial charge in [0, 0.05) is 0 Å². The molecule has 0 amide bonds. The van der Waals surface area contributed by atoms with Crippen LogP contribution >= 0.6 is 0 Å². The van der Waals surface area contributed by atoms with Gasteiger partial charge in [0.1, 0.15) is 11.8 Å². The van der Waals surface area contributed by atoms with E-state index in [0.717, 1.165) is 11.3 Å². The Bertz CT molecular complexity index is 723. The van der Waals surface area contributed by atoms with E-state index in [1.807, 2.05) is 61.5 Å². The minimum absolute atomic E-state index is 0.220. The van der Waals surface area contributed by atoms with Crippen LogP contribution in [0.3, 0.4) is 0 Å². The van der Waals surface area contributed by atoms with Crippen LogP contribution in [0.15, 0.2) is 59.0 Å². The minimum Gasteiger partial charge on any atom is -0.484 e. The summed E-state index contributed by atoms with van der Waals surface area (Å²) in [7, 11) is 0. The van der Waals surface area contributed by atoms with Crippen molar-refractivity contribution in [2.45, 2.75) is 19.6 Å². The molecule has 2 aromatic carbocycles. The first kappa shape index (κ1) is 14.3. The molecule has 112 valence electrons. The van der Waals surface area contributed by atoms with E-state index in [9.17, 15) is 0 Å². The molecule has 3 aromatic rings. The first-order chi connectivity index (χ1) is 10.7. The van der Waals surface area contributed by atoms with E-state index in [0.29, 0.717) is 11.8 Å². The highest BCUT2D eigenvalue weighted by Crippen LogP contribution is 2.19. The molecule has 1 heterocycles. The summed E-state index contributed by atoms with van der Waals surface area (Å²) in [5.41, 5.74) is 8.23. The van der Waals surface area contributed by atoms with Crippen molar-refractivity contribution >= 4 is 0 Å². The SMILES string of the molecule is Cc1ccc(OCc2nnc(C(N)c3ccccc3)o2)cc1. The van der Waals surface area contributed by atoms with Crippen molar-refractivity contribution in [3.63, 3.8) is 0 Å². The second-order valence-corrected chi connectivity index (χ2v) is 5.02. The molecule has 1 atom stereocenters. The molecule has 0 aliphatic carbocycles. The first-order valence-corrected chi connectivity index (χ1v) is 7.04. The van der Waals surface area contributed by atoms with Crippen LogP contribution in [0, 0.1) is 6.92 Å². The van der Waals surface area contributed by atoms with Crippen LogP contribution < -0.4 is 10.5 Å². The zero-order chi connectivity index (χ0) is 15.4. The lowest BCUT2D eigenvalue weighted by Crippen LogP contribution is -2.12. The predicted molar refractivity (Wildman–Crippen MR) is 82.3 cm³/mol. The summed E-state index contributed by atoms with van der Waals surface area (Å²) in [6.07, 6.45) is 0. The van der Waals surface area contributed by atoms with E-state index in [2.05, 4.69) is 10.2 Å². The molecule has 5 heteroatoms. The van der Waals surface area contributed by atoms with Crippen molar-refractivity contribution in [3.8, 4) is 5.75 Å². The average Bonchev–Trinajstić information content (AvgIpc) is 3.03. The highest BCUT2D eigenvalue weighted by Gasteiger charge is 2.16. The van der Waals surface area contributed by atoms with E-state index >= 15 is 0 Å². The Kier molecular flexibility index (Phi) is 4.16. The third-order valence-electron chi connectivity index (χ3n) is 3.29. The second kappa shape index (κ2) is 6.41. The van der Waals surface area contributed by atoms with Crippen molar-refractivity contribution < 1.29 is 9.15 Å². The molecular formula is C17H17N3O2. The van der Waals surface area contributed by atoms with Gasteiger partial charge in [0.15, 0.2) is 6.61 Å². The lowest BCUT2D eigenvalue weighted by Gasteiger charge is -2.06. The molecule has 0 saturated heterocycles. The van der Waals surface area contributed by atoms with Crippen molar-refractivity contribution in [2.75, 3.05) is 0 Å². The topological polar surface area (TPSA) is 74.2 Å². The first-order valence-electron chi connectivity index (χ1n) is 7.04. The Morgan fingerprint density at radius 3 is 2.50 bits per heavy atom. The Morgan fingerprint density at radius 2 is 1.77 bits per heavy atom. The molecule has 2 N–H and O–H groups in total. The molecule has 0 bridgehead atoms. The summed E-state index contributed by atoms with van der Waals surface area (Å²) in [4.78, 5) is 0. The summed E-state index contributed by atoms with van der Waals surface area (Å²) in [6.45, 7) is 2.25. The van der Waals surface area contributed by atoms with E-state index in [4.69, 9.17) is 14.9 Å². The molecule has 1 aromatic heterocycles. The zero-order valence-corrected chi connectivity index (χ0v) is 12.3. The van der Waals surface area contributed by atoms with Gasteiger partial charge >= 0.3 is 0 Å². The fourth-order valence-electron chi connectivity index (χ4n) is 2.03. The maximum absolute atomic E-state index is 6.12. The number of benzene rings is 2. The number of nitrogens with two attached hydrogens (primary N) is 1. The monoisotopic (exact) mass is 295 g/mol. The molecule has 0 aliphatic rings. The van der Waals surface area contributed by atoms with Gasteiger partial charge in [0.25, 0.3) is 5.89 Å². The van der Waals surface area contributed by atoms with Crippen molar-refractivity contribution in [1.29, 1.82) is 0 Å². The van der Waals surface area contributed by atoms with Gasteiger partial charge in [0.2, 0.25) is 5.89 Å². The van der Waals surface area contributed by atoms with Crippen LogP contribution in [-0.4, -0.2) is 10.2 Å². The maximum Gasteiger partial charge on any atom is 0.253 e. The molecule has 0 radical (unpaired) electrons. The molecule has 0 spiro atoms. The zero-order valence-electron chi connectivity index (χ0n) is 12.3. The van der Waals surface area contributed by atoms with Gasteiger partial charge in [-0.25, -0.2) is 0 Å². The van der Waals surface area contributed by atoms with Crippen LogP contribution in [0.25, 0.3) is 0 Å². The maximum atomic E-state index is 6.12. The van der Waals surface area contributed by atoms with E-state index in [-0.39, 0.29) is 6.61 Å². The molecule has 1 unspecified atom stereocenters. The summed E-state index contributed by atoms with van der Waals surface area (Å²) in [5, 5.41) is 7.97. The number of rotatable bonds is 5. The van der Waals surface area contributed by atoms with Crippen LogP contribution in [-0.2, 0) is 6.61 Å². The van der Waals surface area contributed by atoms with Gasteiger partial charge in [-0.2, -0.15) is 0 Å². The van der Waals surface area contributed by atoms with Crippen LogP contribution in [0.4, 0.5) is 0 Å². The number of ether oxygens (including phenoxy) is 1. The number of hydrogen-bond acceptors (Lipinski definition) is 5. The standard InChI is InChI=1S/C17H17N3O2/c1-12-7-9-14(10-8-12)21-11-15-19-20-17(22-15)16(18)13-5-3-2-4-6-13/h2-10,16H,11,18H2,1H3. The number of aromatic nitrogens is 2. The Labute approximate surface area is 128 Å². The molecule has 0 saturated carbocycles. The van der Waals surface area contributed by atoms with Gasteiger partial charge in [0.05, 0.1) is 0 Å². The molecule has 3 rings (SSSR count). The molecule has 22 heavy (non-hydrogen) atoms. The number of nitrogens with zero attached hydrogens (tertiary/aromatic N) is 2. The van der Waals surface area contributed by atoms with Gasteiger partial charge in [-0.1, -0.05) is 48.0 Å². The smallest absolute Gasteiger partial charge is 0.253 e. The summed E-state index contributed by atoms with van der Waals surface area (Å²) in [6, 6.07) is 17.0. The molecule has 0 fully saturated rings. The van der Waals surface area contributed by atoms with E-state index in [1.54, 1.807) is 0 Å². The van der Waals surface area contributed by atoms with Crippen LogP contribution in [0.1, 0.15) is 29.0 Å². The predicted octanol–water partition coefficient (Wildman–Crippen LogP) is 3.01. The van der Waals surface area contributed by atoms with Gasteiger partial charge in [-0.05, 0) is 24.6 Å². The lowest BCUT2D eigenvalue weighted by atomic mass is 10.1. The second-order valence-electron chi connectivity index (χ2n) is 5.02. The third-order valence-corrected chi connectivity index (χ3v) is 3.29. The largest absolute Gasteiger partial charge is 0.484 e. The van der Waals surface area contributed by atoms with Crippen LogP contribution in [0.2, 0.25) is 0 Å². The van der Waals surface area contributed by atoms with E-state index in [1.165, 1.54) is 5.56 Å². The Morgan fingerprint density at radius 1 is 1.05 bits per heavy atom. The highest BCUT2D eigenvalue weighted by atomic mass is 16.5. The van der Waals surface area contributed by atoms with Gasteiger partial charge in [-0.3, -0.25) is 0 Å². The third kappa shape index (κ3) is 3.32. The quantitative estimate of drug-likeness (QED) is 0.783. The van der Waals surface area contributed by atoms with Crippen molar-refractivity contribution in [2.24, 2.45) is 5.73 Å². The van der Waals surface area contributed by atoms with Crippen LogP contribution in [0.5, 0.6) is 5.75 Å². The van der Waals surface area contributed by atoms with Gasteiger partial charge in [-0.15, -0.1) is 10.2 Å². The Balaban J connectivity index is 1.65. The number of hydrogen-bond donors (Lipinski definition) is 1. The molecule has 5 nitrogen and oxygen atoms in total. The summed E-state index contributed by atoms with van der Waals surface area (Å²) < 4.78 is 11.2. The molecule has 0 aliphatic heterocycles. The Hall–Kier alpha value is -2.66. The summed E-state index contributed by atoms with van der Waals surface area (Å²) >= 11 is 0. The fourth-order valence-corrected chi connectivity index (χ4v) is 2.03.